The van der Waals surface area contributed by atoms with E-state index in [0.717, 1.165) is 35.3 Å². The third kappa shape index (κ3) is 2.63. The Bertz CT molecular complexity index is 808. The molecule has 21 heavy (non-hydrogen) atoms. The number of carboxylic acid groups (broad SMARTS) is 1. The standard InChI is InChI=1S/C16H15N3O2/c1-11-4-5-13(16(20)21)9-12(11)6-7-14-10-17-15-3-2-8-18-19(14)15/h2-5,8-10H,6-7H2,1H3,(H,20,21). The molecular formula is C16H15N3O2. The normalized spacial score (nSPS) is 10.9. The number of hydrogen-bond acceptors (Lipinski definition) is 3. The third-order valence-corrected chi connectivity index (χ3v) is 3.59. The average Bonchev–Trinajstić information content (AvgIpc) is 2.89. The van der Waals surface area contributed by atoms with Crippen molar-refractivity contribution in [2.24, 2.45) is 0 Å². The molecule has 0 fully saturated rings. The van der Waals surface area contributed by atoms with Crippen molar-refractivity contribution in [2.45, 2.75) is 19.8 Å². The van der Waals surface area contributed by atoms with Crippen molar-refractivity contribution in [3.05, 3.63) is 65.1 Å². The van der Waals surface area contributed by atoms with Crippen LogP contribution in [0.3, 0.4) is 0 Å². The van der Waals surface area contributed by atoms with E-state index in [1.807, 2.05) is 35.8 Å². The first kappa shape index (κ1) is 13.3. The summed E-state index contributed by atoms with van der Waals surface area (Å²) in [6.45, 7) is 1.99. The van der Waals surface area contributed by atoms with Crippen molar-refractivity contribution in [2.75, 3.05) is 0 Å². The molecule has 3 rings (SSSR count). The summed E-state index contributed by atoms with van der Waals surface area (Å²) in [6.07, 6.45) is 5.08. The Labute approximate surface area is 121 Å². The number of aromatic nitrogens is 3. The second kappa shape index (κ2) is 5.36. The number of rotatable bonds is 4. The Morgan fingerprint density at radius 1 is 1.29 bits per heavy atom. The fraction of sp³-hybridized carbons (Fsp3) is 0.188. The fourth-order valence-corrected chi connectivity index (χ4v) is 2.39. The van der Waals surface area contributed by atoms with E-state index in [0.29, 0.717) is 5.56 Å². The van der Waals surface area contributed by atoms with Gasteiger partial charge in [-0.3, -0.25) is 0 Å². The molecule has 5 nitrogen and oxygen atoms in total. The molecule has 1 N–H and O–H groups in total. The fourth-order valence-electron chi connectivity index (χ4n) is 2.39. The number of nitrogens with zero attached hydrogens (tertiary/aromatic N) is 3. The van der Waals surface area contributed by atoms with Gasteiger partial charge in [-0.2, -0.15) is 5.10 Å². The van der Waals surface area contributed by atoms with Gasteiger partial charge in [0.25, 0.3) is 0 Å². The minimum atomic E-state index is -0.896. The van der Waals surface area contributed by atoms with Crippen molar-refractivity contribution in [1.82, 2.24) is 14.6 Å². The van der Waals surface area contributed by atoms with Crippen LogP contribution >= 0.6 is 0 Å². The van der Waals surface area contributed by atoms with Crippen molar-refractivity contribution in [3.63, 3.8) is 0 Å². The van der Waals surface area contributed by atoms with Crippen LogP contribution in [0.5, 0.6) is 0 Å². The molecule has 0 amide bonds. The lowest BCUT2D eigenvalue weighted by Gasteiger charge is -2.07. The van der Waals surface area contributed by atoms with Crippen LogP contribution in [0.15, 0.2) is 42.7 Å². The van der Waals surface area contributed by atoms with Crippen LogP contribution in [0.4, 0.5) is 0 Å². The van der Waals surface area contributed by atoms with Crippen LogP contribution < -0.4 is 0 Å². The molecule has 0 radical (unpaired) electrons. The van der Waals surface area contributed by atoms with Gasteiger partial charge >= 0.3 is 5.97 Å². The van der Waals surface area contributed by atoms with Crippen LogP contribution in [0, 0.1) is 6.92 Å². The highest BCUT2D eigenvalue weighted by Gasteiger charge is 2.08. The number of fused-ring (bicyclic) bond motifs is 1. The third-order valence-electron chi connectivity index (χ3n) is 3.59. The van der Waals surface area contributed by atoms with Crippen LogP contribution in [0.2, 0.25) is 0 Å². The Morgan fingerprint density at radius 3 is 2.95 bits per heavy atom. The summed E-state index contributed by atoms with van der Waals surface area (Å²) >= 11 is 0. The molecule has 1 aromatic carbocycles. The maximum atomic E-state index is 11.0. The molecule has 106 valence electrons. The predicted molar refractivity (Wildman–Crippen MR) is 78.5 cm³/mol. The van der Waals surface area contributed by atoms with Gasteiger partial charge < -0.3 is 5.11 Å². The van der Waals surface area contributed by atoms with Crippen LogP contribution in [0.1, 0.15) is 27.2 Å². The lowest BCUT2D eigenvalue weighted by molar-refractivity contribution is 0.0697. The largest absolute Gasteiger partial charge is 0.478 e. The number of carbonyl (C=O) groups is 1. The van der Waals surface area contributed by atoms with E-state index in [9.17, 15) is 4.79 Å². The first-order valence-electron chi connectivity index (χ1n) is 6.75. The first-order chi connectivity index (χ1) is 10.1. The molecule has 0 aliphatic heterocycles. The monoisotopic (exact) mass is 281 g/mol. The van der Waals surface area contributed by atoms with Gasteiger partial charge in [0, 0.05) is 6.20 Å². The van der Waals surface area contributed by atoms with Crippen LogP contribution in [0.25, 0.3) is 5.65 Å². The molecule has 0 atom stereocenters. The first-order valence-corrected chi connectivity index (χ1v) is 6.75. The highest BCUT2D eigenvalue weighted by molar-refractivity contribution is 5.87. The summed E-state index contributed by atoms with van der Waals surface area (Å²) in [4.78, 5) is 15.4. The summed E-state index contributed by atoms with van der Waals surface area (Å²) in [5.74, 6) is -0.896. The zero-order chi connectivity index (χ0) is 14.8. The smallest absolute Gasteiger partial charge is 0.335 e. The number of benzene rings is 1. The molecule has 0 unspecified atom stereocenters. The van der Waals surface area contributed by atoms with Crippen molar-refractivity contribution < 1.29 is 9.90 Å². The maximum Gasteiger partial charge on any atom is 0.335 e. The topological polar surface area (TPSA) is 67.5 Å². The minimum absolute atomic E-state index is 0.326. The van der Waals surface area contributed by atoms with Crippen LogP contribution in [-0.2, 0) is 12.8 Å². The highest BCUT2D eigenvalue weighted by Crippen LogP contribution is 2.15. The predicted octanol–water partition coefficient (Wildman–Crippen LogP) is 2.52. The van der Waals surface area contributed by atoms with Gasteiger partial charge in [-0.25, -0.2) is 14.3 Å². The molecule has 0 aliphatic carbocycles. The van der Waals surface area contributed by atoms with E-state index in [2.05, 4.69) is 10.1 Å². The zero-order valence-corrected chi connectivity index (χ0v) is 11.7. The Kier molecular flexibility index (Phi) is 3.39. The molecule has 0 aliphatic rings. The number of aromatic carboxylic acids is 1. The van der Waals surface area contributed by atoms with E-state index in [1.54, 1.807) is 18.3 Å². The summed E-state index contributed by atoms with van der Waals surface area (Å²) in [7, 11) is 0. The van der Waals surface area contributed by atoms with E-state index in [1.165, 1.54) is 0 Å². The Morgan fingerprint density at radius 2 is 2.14 bits per heavy atom. The summed E-state index contributed by atoms with van der Waals surface area (Å²) < 4.78 is 1.82. The van der Waals surface area contributed by atoms with E-state index in [4.69, 9.17) is 5.11 Å². The van der Waals surface area contributed by atoms with Gasteiger partial charge in [0.15, 0.2) is 5.65 Å². The summed E-state index contributed by atoms with van der Waals surface area (Å²) in [5, 5.41) is 13.4. The number of hydrogen-bond donors (Lipinski definition) is 1. The SMILES string of the molecule is Cc1ccc(C(=O)O)cc1CCc1cnc2cccnn12. The van der Waals surface area contributed by atoms with Crippen molar-refractivity contribution in [3.8, 4) is 0 Å². The molecule has 0 saturated heterocycles. The maximum absolute atomic E-state index is 11.0. The molecule has 0 saturated carbocycles. The lowest BCUT2D eigenvalue weighted by Crippen LogP contribution is -2.02. The van der Waals surface area contributed by atoms with Gasteiger partial charge in [0.1, 0.15) is 0 Å². The van der Waals surface area contributed by atoms with Crippen molar-refractivity contribution in [1.29, 1.82) is 0 Å². The van der Waals surface area contributed by atoms with Gasteiger partial charge in [-0.1, -0.05) is 6.07 Å². The summed E-state index contributed by atoms with van der Waals surface area (Å²) in [5.41, 5.74) is 4.31. The van der Waals surface area contributed by atoms with Crippen molar-refractivity contribution >= 4 is 11.6 Å². The van der Waals surface area contributed by atoms with E-state index >= 15 is 0 Å². The zero-order valence-electron chi connectivity index (χ0n) is 11.7. The molecule has 0 bridgehead atoms. The Balaban J connectivity index is 1.84. The van der Waals surface area contributed by atoms with Gasteiger partial charge in [0.05, 0.1) is 17.5 Å². The molecule has 5 heteroatoms. The minimum Gasteiger partial charge on any atom is -0.478 e. The molecule has 0 spiro atoms. The van der Waals surface area contributed by atoms with Crippen LogP contribution in [-0.4, -0.2) is 25.7 Å². The average molecular weight is 281 g/mol. The van der Waals surface area contributed by atoms with Gasteiger partial charge in [-0.15, -0.1) is 0 Å². The second-order valence-corrected chi connectivity index (χ2v) is 4.99. The second-order valence-electron chi connectivity index (χ2n) is 4.99. The van der Waals surface area contributed by atoms with E-state index in [-0.39, 0.29) is 0 Å². The Hall–Kier alpha value is -2.69. The lowest BCUT2D eigenvalue weighted by atomic mass is 10.0. The number of imidazole rings is 1. The highest BCUT2D eigenvalue weighted by atomic mass is 16.4. The molecular weight excluding hydrogens is 266 g/mol. The van der Waals surface area contributed by atoms with E-state index < -0.39 is 5.97 Å². The summed E-state index contributed by atoms with van der Waals surface area (Å²) in [6, 6.07) is 9.00. The number of carboxylic acids is 1. The molecule has 2 heterocycles. The molecule has 2 aromatic heterocycles. The van der Waals surface area contributed by atoms with Gasteiger partial charge in [0.2, 0.25) is 0 Å². The van der Waals surface area contributed by atoms with Gasteiger partial charge in [-0.05, 0) is 55.2 Å². The molecule has 3 aromatic rings. The number of aryl methyl sites for hydroxylation is 3. The quantitative estimate of drug-likeness (QED) is 0.798.